The molecule has 0 aliphatic carbocycles. The summed E-state index contributed by atoms with van der Waals surface area (Å²) in [5, 5.41) is 14.1. The van der Waals surface area contributed by atoms with Gasteiger partial charge in [0, 0.05) is 0 Å². The molecule has 0 unspecified atom stereocenters. The minimum absolute atomic E-state index is 0.0364. The molecule has 0 fully saturated rings. The number of phenolic OH excluding ortho intramolecular Hbond substituents is 1. The predicted molar refractivity (Wildman–Crippen MR) is 51.5 cm³/mol. The lowest BCUT2D eigenvalue weighted by atomic mass is 10.2. The normalized spacial score (nSPS) is 11.3. The molecule has 0 bridgehead atoms. The van der Waals surface area contributed by atoms with Crippen LogP contribution in [0.3, 0.4) is 0 Å². The third-order valence-corrected chi connectivity index (χ3v) is 2.35. The molecule has 5 nitrogen and oxygen atoms in total. The molecule has 1 aromatic carbocycles. The summed E-state index contributed by atoms with van der Waals surface area (Å²) in [6.07, 6.45) is 0. The molecule has 3 N–H and O–H groups in total. The highest BCUT2D eigenvalue weighted by molar-refractivity contribution is 7.88. The molecule has 0 aliphatic heterocycles. The van der Waals surface area contributed by atoms with E-state index in [0.29, 0.717) is 5.56 Å². The summed E-state index contributed by atoms with van der Waals surface area (Å²) < 4.78 is 26.3. The second-order valence-corrected chi connectivity index (χ2v) is 4.43. The highest BCUT2D eigenvalue weighted by Crippen LogP contribution is 2.26. The Labute approximate surface area is 82.2 Å². The minimum atomic E-state index is -3.55. The Bertz CT molecular complexity index is 427. The van der Waals surface area contributed by atoms with Gasteiger partial charge in [-0.2, -0.15) is 0 Å². The van der Waals surface area contributed by atoms with Crippen LogP contribution >= 0.6 is 0 Å². The van der Waals surface area contributed by atoms with Crippen molar-refractivity contribution in [3.05, 3.63) is 23.8 Å². The minimum Gasteiger partial charge on any atom is -0.504 e. The zero-order chi connectivity index (χ0) is 10.8. The summed E-state index contributed by atoms with van der Waals surface area (Å²) >= 11 is 0. The largest absolute Gasteiger partial charge is 0.504 e. The zero-order valence-electron chi connectivity index (χ0n) is 7.60. The van der Waals surface area contributed by atoms with Gasteiger partial charge in [0.1, 0.15) is 0 Å². The van der Waals surface area contributed by atoms with Gasteiger partial charge in [-0.1, -0.05) is 6.07 Å². The second kappa shape index (κ2) is 3.85. The van der Waals surface area contributed by atoms with E-state index in [2.05, 4.69) is 0 Å². The van der Waals surface area contributed by atoms with Crippen LogP contribution in [0.5, 0.6) is 11.5 Å². The van der Waals surface area contributed by atoms with Gasteiger partial charge in [0.2, 0.25) is 10.0 Å². The summed E-state index contributed by atoms with van der Waals surface area (Å²) in [4.78, 5) is 0. The van der Waals surface area contributed by atoms with Crippen molar-refractivity contribution in [2.45, 2.75) is 5.75 Å². The number of phenols is 1. The van der Waals surface area contributed by atoms with Crippen molar-refractivity contribution in [3.8, 4) is 11.5 Å². The van der Waals surface area contributed by atoms with E-state index in [1.807, 2.05) is 0 Å². The standard InChI is InChI=1S/C8H11NO4S/c1-13-8-4-6(2-3-7(8)10)5-14(9,11)12/h2-4,10H,5H2,1H3,(H2,9,11,12). The topological polar surface area (TPSA) is 89.6 Å². The molecule has 14 heavy (non-hydrogen) atoms. The molecule has 0 amide bonds. The highest BCUT2D eigenvalue weighted by Gasteiger charge is 2.08. The third-order valence-electron chi connectivity index (χ3n) is 1.61. The van der Waals surface area contributed by atoms with E-state index < -0.39 is 10.0 Å². The lowest BCUT2D eigenvalue weighted by Crippen LogP contribution is -2.14. The number of hydrogen-bond acceptors (Lipinski definition) is 4. The van der Waals surface area contributed by atoms with E-state index in [-0.39, 0.29) is 17.3 Å². The van der Waals surface area contributed by atoms with E-state index in [1.165, 1.54) is 25.3 Å². The number of benzene rings is 1. The van der Waals surface area contributed by atoms with Crippen LogP contribution in [0.1, 0.15) is 5.56 Å². The highest BCUT2D eigenvalue weighted by atomic mass is 32.2. The molecule has 0 atom stereocenters. The van der Waals surface area contributed by atoms with Gasteiger partial charge < -0.3 is 9.84 Å². The van der Waals surface area contributed by atoms with Crippen LogP contribution in [-0.2, 0) is 15.8 Å². The predicted octanol–water partition coefficient (Wildman–Crippen LogP) is 0.189. The van der Waals surface area contributed by atoms with E-state index in [9.17, 15) is 13.5 Å². The lowest BCUT2D eigenvalue weighted by molar-refractivity contribution is 0.373. The fourth-order valence-corrected chi connectivity index (χ4v) is 1.69. The van der Waals surface area contributed by atoms with E-state index in [1.54, 1.807) is 0 Å². The van der Waals surface area contributed by atoms with Crippen LogP contribution < -0.4 is 9.88 Å². The first-order valence-electron chi connectivity index (χ1n) is 3.79. The van der Waals surface area contributed by atoms with Gasteiger partial charge in [-0.25, -0.2) is 13.6 Å². The van der Waals surface area contributed by atoms with Gasteiger partial charge in [0.15, 0.2) is 11.5 Å². The Balaban J connectivity index is 3.01. The van der Waals surface area contributed by atoms with Crippen LogP contribution in [0.25, 0.3) is 0 Å². The Morgan fingerprint density at radius 2 is 2.14 bits per heavy atom. The van der Waals surface area contributed by atoms with Crippen LogP contribution in [0.4, 0.5) is 0 Å². The molecule has 0 heterocycles. The first kappa shape index (κ1) is 10.8. The third kappa shape index (κ3) is 2.90. The molecule has 0 saturated heterocycles. The van der Waals surface area contributed by atoms with Crippen LogP contribution in [0, 0.1) is 0 Å². The van der Waals surface area contributed by atoms with Gasteiger partial charge in [-0.3, -0.25) is 0 Å². The van der Waals surface area contributed by atoms with Crippen molar-refractivity contribution in [1.29, 1.82) is 0 Å². The summed E-state index contributed by atoms with van der Waals surface area (Å²) in [6.45, 7) is 0. The Hall–Kier alpha value is -1.27. The molecule has 6 heteroatoms. The SMILES string of the molecule is COc1cc(CS(N)(=O)=O)ccc1O. The summed E-state index contributed by atoms with van der Waals surface area (Å²) in [7, 11) is -2.17. The molecule has 0 aromatic heterocycles. The van der Waals surface area contributed by atoms with Crippen molar-refractivity contribution in [3.63, 3.8) is 0 Å². The fourth-order valence-electron chi connectivity index (χ4n) is 1.04. The maximum atomic E-state index is 10.8. The van der Waals surface area contributed by atoms with Gasteiger partial charge in [0.25, 0.3) is 0 Å². The molecular formula is C8H11NO4S. The average molecular weight is 217 g/mol. The number of sulfonamides is 1. The van der Waals surface area contributed by atoms with Crippen LogP contribution in [0.2, 0.25) is 0 Å². The van der Waals surface area contributed by atoms with Crippen LogP contribution in [0.15, 0.2) is 18.2 Å². The smallest absolute Gasteiger partial charge is 0.213 e. The van der Waals surface area contributed by atoms with Crippen molar-refractivity contribution >= 4 is 10.0 Å². The molecule has 1 aromatic rings. The average Bonchev–Trinajstić information content (AvgIpc) is 2.06. The van der Waals surface area contributed by atoms with E-state index in [4.69, 9.17) is 9.88 Å². The van der Waals surface area contributed by atoms with Crippen molar-refractivity contribution in [1.82, 2.24) is 0 Å². The molecule has 1 rings (SSSR count). The Kier molecular flexibility index (Phi) is 2.97. The van der Waals surface area contributed by atoms with Crippen molar-refractivity contribution < 1.29 is 18.3 Å². The first-order valence-corrected chi connectivity index (χ1v) is 5.50. The number of nitrogens with two attached hydrogens (primary N) is 1. The Morgan fingerprint density at radius 1 is 1.50 bits per heavy atom. The Morgan fingerprint density at radius 3 is 2.64 bits per heavy atom. The molecule has 0 saturated carbocycles. The van der Waals surface area contributed by atoms with Gasteiger partial charge >= 0.3 is 0 Å². The second-order valence-electron chi connectivity index (χ2n) is 2.81. The van der Waals surface area contributed by atoms with Gasteiger partial charge in [0.05, 0.1) is 12.9 Å². The fraction of sp³-hybridized carbons (Fsp3) is 0.250. The summed E-state index contributed by atoms with van der Waals surface area (Å²) in [6, 6.07) is 4.27. The zero-order valence-corrected chi connectivity index (χ0v) is 8.41. The molecule has 0 aliphatic rings. The van der Waals surface area contributed by atoms with Gasteiger partial charge in [-0.15, -0.1) is 0 Å². The number of aromatic hydroxyl groups is 1. The van der Waals surface area contributed by atoms with Crippen molar-refractivity contribution in [2.24, 2.45) is 5.14 Å². The number of rotatable bonds is 3. The van der Waals surface area contributed by atoms with E-state index >= 15 is 0 Å². The molecular weight excluding hydrogens is 206 g/mol. The van der Waals surface area contributed by atoms with E-state index in [0.717, 1.165) is 0 Å². The number of methoxy groups -OCH3 is 1. The lowest BCUT2D eigenvalue weighted by Gasteiger charge is -2.05. The monoisotopic (exact) mass is 217 g/mol. The number of primary sulfonamides is 1. The maximum Gasteiger partial charge on any atom is 0.213 e. The quantitative estimate of drug-likeness (QED) is 0.756. The van der Waals surface area contributed by atoms with Crippen LogP contribution in [-0.4, -0.2) is 20.6 Å². The number of ether oxygens (including phenoxy) is 1. The molecule has 0 spiro atoms. The maximum absolute atomic E-state index is 10.8. The number of hydrogen-bond donors (Lipinski definition) is 2. The summed E-state index contributed by atoms with van der Waals surface area (Å²) in [5.74, 6) is -0.0827. The molecule has 0 radical (unpaired) electrons. The molecule has 78 valence electrons. The van der Waals surface area contributed by atoms with Crippen molar-refractivity contribution in [2.75, 3.05) is 7.11 Å². The summed E-state index contributed by atoms with van der Waals surface area (Å²) in [5.41, 5.74) is 0.474. The van der Waals surface area contributed by atoms with Gasteiger partial charge in [-0.05, 0) is 17.7 Å². The first-order chi connectivity index (χ1) is 6.42.